The summed E-state index contributed by atoms with van der Waals surface area (Å²) in [6.45, 7) is 4.21. The van der Waals surface area contributed by atoms with Gasteiger partial charge in [0.25, 0.3) is 0 Å². The molecule has 32 heavy (non-hydrogen) atoms. The van der Waals surface area contributed by atoms with Gasteiger partial charge < -0.3 is 9.64 Å². The van der Waals surface area contributed by atoms with Gasteiger partial charge >= 0.3 is 0 Å². The molecule has 0 spiro atoms. The van der Waals surface area contributed by atoms with E-state index in [4.69, 9.17) is 4.74 Å². The molecule has 6 rings (SSSR count). The quantitative estimate of drug-likeness (QED) is 0.524. The molecule has 1 aliphatic heterocycles. The molecule has 1 aliphatic carbocycles. The number of piperidine rings is 1. The minimum absolute atomic E-state index is 0.285. The number of nitriles is 1. The molecule has 2 unspecified atom stereocenters. The molecule has 1 saturated carbocycles. The van der Waals surface area contributed by atoms with Crippen LogP contribution in [-0.4, -0.2) is 39.9 Å². The SMILES string of the molecule is CCOc1ccc2[nH]nc(-c3ccnc(N4CC5C(C4)C5(C#N)c4ccccn4)c3)c2c1. The van der Waals surface area contributed by atoms with Crippen LogP contribution >= 0.6 is 0 Å². The fourth-order valence-corrected chi connectivity index (χ4v) is 5.24. The smallest absolute Gasteiger partial charge is 0.129 e. The number of pyridine rings is 2. The lowest BCUT2D eigenvalue weighted by atomic mass is 9.96. The van der Waals surface area contributed by atoms with Gasteiger partial charge in [-0.1, -0.05) is 6.07 Å². The molecular weight excluding hydrogens is 400 g/mol. The second-order valence-corrected chi connectivity index (χ2v) is 8.43. The number of nitrogens with zero attached hydrogens (tertiary/aromatic N) is 5. The number of fused-ring (bicyclic) bond motifs is 2. The first-order valence-electron chi connectivity index (χ1n) is 10.9. The lowest BCUT2D eigenvalue weighted by Gasteiger charge is -2.24. The summed E-state index contributed by atoms with van der Waals surface area (Å²) in [5.74, 6) is 2.32. The van der Waals surface area contributed by atoms with Crippen molar-refractivity contribution in [3.8, 4) is 23.1 Å². The first-order chi connectivity index (χ1) is 15.7. The van der Waals surface area contributed by atoms with Crippen molar-refractivity contribution in [3.63, 3.8) is 0 Å². The third-order valence-corrected chi connectivity index (χ3v) is 6.84. The van der Waals surface area contributed by atoms with Crippen LogP contribution in [0.4, 0.5) is 5.82 Å². The first kappa shape index (κ1) is 18.8. The van der Waals surface area contributed by atoms with Crippen molar-refractivity contribution < 1.29 is 4.74 Å². The van der Waals surface area contributed by atoms with Gasteiger partial charge in [-0.25, -0.2) is 4.98 Å². The normalized spacial score (nSPS) is 23.7. The van der Waals surface area contributed by atoms with E-state index in [9.17, 15) is 5.26 Å². The predicted octanol–water partition coefficient (Wildman–Crippen LogP) is 3.95. The Balaban J connectivity index is 1.28. The van der Waals surface area contributed by atoms with Crippen LogP contribution in [0.1, 0.15) is 12.6 Å². The van der Waals surface area contributed by atoms with E-state index in [1.54, 1.807) is 6.20 Å². The van der Waals surface area contributed by atoms with Crippen molar-refractivity contribution in [1.29, 1.82) is 5.26 Å². The summed E-state index contributed by atoms with van der Waals surface area (Å²) in [4.78, 5) is 11.4. The molecular formula is C25H22N6O. The maximum Gasteiger partial charge on any atom is 0.129 e. The van der Waals surface area contributed by atoms with Gasteiger partial charge in [-0.2, -0.15) is 10.4 Å². The number of hydrogen-bond acceptors (Lipinski definition) is 6. The molecule has 0 amide bonds. The van der Waals surface area contributed by atoms with Crippen LogP contribution in [0.5, 0.6) is 5.75 Å². The van der Waals surface area contributed by atoms with E-state index >= 15 is 0 Å². The van der Waals surface area contributed by atoms with E-state index in [1.807, 2.05) is 55.6 Å². The zero-order valence-corrected chi connectivity index (χ0v) is 17.7. The van der Waals surface area contributed by atoms with Gasteiger partial charge in [0, 0.05) is 48.3 Å². The Morgan fingerprint density at radius 3 is 2.75 bits per heavy atom. The van der Waals surface area contributed by atoms with E-state index in [1.165, 1.54) is 0 Å². The van der Waals surface area contributed by atoms with E-state index < -0.39 is 5.41 Å². The number of rotatable bonds is 5. The number of nitrogens with one attached hydrogen (secondary N) is 1. The maximum absolute atomic E-state index is 9.96. The van der Waals surface area contributed by atoms with Gasteiger partial charge in [0.05, 0.1) is 23.9 Å². The van der Waals surface area contributed by atoms with Crippen LogP contribution in [0, 0.1) is 23.2 Å². The van der Waals surface area contributed by atoms with Crippen molar-refractivity contribution in [2.24, 2.45) is 11.8 Å². The van der Waals surface area contributed by atoms with Crippen LogP contribution in [0.2, 0.25) is 0 Å². The highest BCUT2D eigenvalue weighted by atomic mass is 16.5. The Morgan fingerprint density at radius 2 is 2.00 bits per heavy atom. The Bertz CT molecular complexity index is 1330. The molecule has 7 heteroatoms. The molecule has 2 atom stereocenters. The highest BCUT2D eigenvalue weighted by Gasteiger charge is 2.71. The third kappa shape index (κ3) is 2.69. The fourth-order valence-electron chi connectivity index (χ4n) is 5.24. The molecule has 4 heterocycles. The summed E-state index contributed by atoms with van der Waals surface area (Å²) in [6, 6.07) is 18.4. The monoisotopic (exact) mass is 422 g/mol. The average Bonchev–Trinajstić information content (AvgIpc) is 3.15. The number of aromatic amines is 1. The van der Waals surface area contributed by atoms with Crippen molar-refractivity contribution in [2.45, 2.75) is 12.3 Å². The van der Waals surface area contributed by atoms with Crippen LogP contribution in [-0.2, 0) is 5.41 Å². The van der Waals surface area contributed by atoms with E-state index in [-0.39, 0.29) is 11.8 Å². The van der Waals surface area contributed by atoms with Gasteiger partial charge in [-0.15, -0.1) is 0 Å². The molecule has 4 aromatic rings. The minimum atomic E-state index is -0.455. The fraction of sp³-hybridized carbons (Fsp3) is 0.280. The van der Waals surface area contributed by atoms with Crippen molar-refractivity contribution in [3.05, 3.63) is 66.6 Å². The molecule has 1 N–H and O–H groups in total. The summed E-state index contributed by atoms with van der Waals surface area (Å²) in [5.41, 5.74) is 3.30. The molecule has 1 aromatic carbocycles. The highest BCUT2D eigenvalue weighted by molar-refractivity contribution is 5.94. The largest absolute Gasteiger partial charge is 0.494 e. The number of benzene rings is 1. The van der Waals surface area contributed by atoms with Crippen LogP contribution < -0.4 is 9.64 Å². The number of H-pyrrole nitrogens is 1. The average molecular weight is 422 g/mol. The van der Waals surface area contributed by atoms with E-state index in [2.05, 4.69) is 37.2 Å². The van der Waals surface area contributed by atoms with Gasteiger partial charge in [0.1, 0.15) is 22.7 Å². The van der Waals surface area contributed by atoms with Crippen molar-refractivity contribution in [2.75, 3.05) is 24.6 Å². The molecule has 0 radical (unpaired) electrons. The number of aromatic nitrogens is 4. The summed E-state index contributed by atoms with van der Waals surface area (Å²) >= 11 is 0. The highest BCUT2D eigenvalue weighted by Crippen LogP contribution is 2.63. The van der Waals surface area contributed by atoms with Gasteiger partial charge in [-0.05, 0) is 49.4 Å². The molecule has 1 saturated heterocycles. The standard InChI is InChI=1S/C25H22N6O/c1-2-32-17-6-7-21-18(12-17)24(30-29-21)16-8-10-28-23(11-16)31-13-19-20(14-31)25(19,15-26)22-5-3-4-9-27-22/h3-12,19-20H,2,13-14H2,1H3,(H,29,30). The molecule has 2 fully saturated rings. The second-order valence-electron chi connectivity index (χ2n) is 8.43. The molecule has 7 nitrogen and oxygen atoms in total. The lowest BCUT2D eigenvalue weighted by molar-refractivity contribution is 0.341. The Kier molecular flexibility index (Phi) is 4.15. The van der Waals surface area contributed by atoms with Crippen molar-refractivity contribution in [1.82, 2.24) is 20.2 Å². The van der Waals surface area contributed by atoms with Gasteiger partial charge in [0.15, 0.2) is 0 Å². The van der Waals surface area contributed by atoms with Crippen LogP contribution in [0.15, 0.2) is 60.9 Å². The first-order valence-corrected chi connectivity index (χ1v) is 10.9. The van der Waals surface area contributed by atoms with Crippen molar-refractivity contribution >= 4 is 16.7 Å². The lowest BCUT2D eigenvalue weighted by Crippen LogP contribution is -2.30. The zero-order chi connectivity index (χ0) is 21.7. The topological polar surface area (TPSA) is 90.7 Å². The Labute approximate surface area is 185 Å². The molecule has 2 aliphatic rings. The Hall–Kier alpha value is -3.92. The summed E-state index contributed by atoms with van der Waals surface area (Å²) in [6.07, 6.45) is 3.61. The van der Waals surface area contributed by atoms with Crippen LogP contribution in [0.3, 0.4) is 0 Å². The molecule has 0 bridgehead atoms. The van der Waals surface area contributed by atoms with Crippen LogP contribution in [0.25, 0.3) is 22.2 Å². The van der Waals surface area contributed by atoms with Gasteiger partial charge in [-0.3, -0.25) is 10.1 Å². The number of anilines is 1. The number of hydrogen-bond donors (Lipinski definition) is 1. The predicted molar refractivity (Wildman–Crippen MR) is 121 cm³/mol. The van der Waals surface area contributed by atoms with E-state index in [0.717, 1.165) is 52.5 Å². The van der Waals surface area contributed by atoms with E-state index in [0.29, 0.717) is 6.61 Å². The summed E-state index contributed by atoms with van der Waals surface area (Å²) < 4.78 is 5.67. The summed E-state index contributed by atoms with van der Waals surface area (Å²) in [7, 11) is 0. The zero-order valence-electron chi connectivity index (χ0n) is 17.7. The summed E-state index contributed by atoms with van der Waals surface area (Å²) in [5, 5.41) is 18.7. The number of ether oxygens (including phenoxy) is 1. The maximum atomic E-state index is 9.96. The molecule has 158 valence electrons. The minimum Gasteiger partial charge on any atom is -0.494 e. The Morgan fingerprint density at radius 1 is 1.12 bits per heavy atom. The van der Waals surface area contributed by atoms with Gasteiger partial charge in [0.2, 0.25) is 0 Å². The second kappa shape index (κ2) is 7.06. The molecule has 3 aromatic heterocycles. The third-order valence-electron chi connectivity index (χ3n) is 6.84.